The Bertz CT molecular complexity index is 5400. The van der Waals surface area contributed by atoms with Crippen LogP contribution in [0.25, 0.3) is 22.3 Å². The fourth-order valence-corrected chi connectivity index (χ4v) is 16.4. The molecule has 2 saturated heterocycles. The quantitative estimate of drug-likeness (QED) is 0.0262. The number of fused-ring (bicyclic) bond motifs is 15. The van der Waals surface area contributed by atoms with Crippen molar-refractivity contribution in [1.29, 1.82) is 0 Å². The summed E-state index contributed by atoms with van der Waals surface area (Å²) < 4.78 is 39.6. The zero-order valence-electron chi connectivity index (χ0n) is 71.4. The van der Waals surface area contributed by atoms with Crippen molar-refractivity contribution >= 4 is 76.4 Å². The molecule has 11 bridgehead atoms. The molecule has 7 aromatic rings. The molecule has 1 aromatic heterocycles. The topological polar surface area (TPSA) is 672 Å². The first-order valence-electron chi connectivity index (χ1n) is 42.0. The van der Waals surface area contributed by atoms with E-state index in [9.17, 15) is 95.8 Å². The largest absolute Gasteiger partial charge is 0.507 e. The molecule has 2 fully saturated rings. The number of hydrogen-bond donors (Lipinski definition) is 26. The Morgan fingerprint density at radius 3 is 1.90 bits per heavy atom. The molecule has 0 unspecified atom stereocenters. The molecule has 44 heteroatoms. The lowest BCUT2D eigenvalue weighted by molar-refractivity contribution is -0.334. The van der Waals surface area contributed by atoms with Gasteiger partial charge >= 0.3 is 5.97 Å². The van der Waals surface area contributed by atoms with Crippen LogP contribution in [0.2, 0.25) is 10.0 Å². The molecule has 0 saturated carbocycles. The number of carbonyl (C=O) groups excluding carboxylic acids is 8. The zero-order chi connectivity index (χ0) is 95.8. The molecule has 7 aliphatic rings. The third kappa shape index (κ3) is 22.5. The number of halogens is 2. The van der Waals surface area contributed by atoms with Gasteiger partial charge in [-0.05, 0) is 152 Å². The number of primary amides is 1. The Morgan fingerprint density at radius 1 is 0.667 bits per heavy atom. The van der Waals surface area contributed by atoms with Gasteiger partial charge in [0.1, 0.15) is 108 Å². The number of aliphatic hydroxyl groups excluding tert-OH is 11. The highest BCUT2D eigenvalue weighted by atomic mass is 35.5. The van der Waals surface area contributed by atoms with E-state index in [0.29, 0.717) is 0 Å². The summed E-state index contributed by atoms with van der Waals surface area (Å²) in [6.45, 7) is 4.10. The first kappa shape index (κ1) is 99.4. The van der Waals surface area contributed by atoms with Crippen molar-refractivity contribution < 1.29 is 148 Å². The van der Waals surface area contributed by atoms with Gasteiger partial charge in [-0.1, -0.05) is 79.5 Å². The van der Waals surface area contributed by atoms with E-state index in [1.807, 2.05) is 36.4 Å². The van der Waals surface area contributed by atoms with Crippen molar-refractivity contribution in [3.8, 4) is 68.2 Å². The second-order valence-electron chi connectivity index (χ2n) is 33.2. The van der Waals surface area contributed by atoms with Crippen molar-refractivity contribution in [3.63, 3.8) is 0 Å². The third-order valence-electron chi connectivity index (χ3n) is 23.3. The number of aromatic hydroxyl groups is 3. The lowest BCUT2D eigenvalue weighted by Gasteiger charge is -2.48. The summed E-state index contributed by atoms with van der Waals surface area (Å²) in [5.41, 5.74) is 3.25. The first-order valence-corrected chi connectivity index (χ1v) is 42.7. The van der Waals surface area contributed by atoms with Crippen molar-refractivity contribution in [1.82, 2.24) is 58.2 Å². The van der Waals surface area contributed by atoms with Crippen LogP contribution in [0.4, 0.5) is 0 Å². The van der Waals surface area contributed by atoms with Gasteiger partial charge in [-0.3, -0.25) is 43.3 Å². The minimum absolute atomic E-state index is 0.0184. The summed E-state index contributed by atoms with van der Waals surface area (Å²) in [5.74, 6) is -18.3. The van der Waals surface area contributed by atoms with Gasteiger partial charge < -0.3 is 164 Å². The highest BCUT2D eigenvalue weighted by Crippen LogP contribution is 2.51. The summed E-state index contributed by atoms with van der Waals surface area (Å²) in [6.07, 6.45) is -24.5. The van der Waals surface area contributed by atoms with Gasteiger partial charge in [0.15, 0.2) is 36.0 Å². The molecule has 8 amide bonds. The van der Waals surface area contributed by atoms with E-state index in [1.165, 1.54) is 19.2 Å². The highest BCUT2D eigenvalue weighted by molar-refractivity contribution is 6.32. The van der Waals surface area contributed by atoms with Gasteiger partial charge in [0.25, 0.3) is 5.91 Å². The Morgan fingerprint density at radius 2 is 1.29 bits per heavy atom. The Labute approximate surface area is 763 Å². The van der Waals surface area contributed by atoms with Crippen molar-refractivity contribution in [2.75, 3.05) is 33.4 Å². The summed E-state index contributed by atoms with van der Waals surface area (Å²) >= 11 is 14.4. The van der Waals surface area contributed by atoms with Gasteiger partial charge in [-0.2, -0.15) is 0 Å². The Balaban J connectivity index is 1.01. The number of benzene rings is 6. The number of nitrogens with one attached hydrogen (secondary N) is 10. The molecule has 8 heterocycles. The molecule has 27 N–H and O–H groups in total. The van der Waals surface area contributed by atoms with Crippen LogP contribution in [0.3, 0.4) is 0 Å². The monoisotopic (exact) mass is 1880 g/mol. The van der Waals surface area contributed by atoms with Crippen LogP contribution in [0, 0.1) is 5.92 Å². The zero-order valence-corrected chi connectivity index (χ0v) is 72.9. The van der Waals surface area contributed by atoms with Crippen LogP contribution in [-0.4, -0.2) is 271 Å². The summed E-state index contributed by atoms with van der Waals surface area (Å²) in [4.78, 5) is 137. The minimum atomic E-state index is -2.45. The van der Waals surface area contributed by atoms with E-state index >= 15 is 24.0 Å². The van der Waals surface area contributed by atoms with E-state index in [0.717, 1.165) is 77.4 Å². The predicted molar refractivity (Wildman–Crippen MR) is 462 cm³/mol. The van der Waals surface area contributed by atoms with E-state index in [2.05, 4.69) is 58.2 Å². The van der Waals surface area contributed by atoms with Gasteiger partial charge in [0.05, 0.1) is 53.5 Å². The highest BCUT2D eigenvalue weighted by Gasteiger charge is 2.53. The summed E-state index contributed by atoms with van der Waals surface area (Å²) in [7, 11) is 1.46. The smallest absolute Gasteiger partial charge is 0.330 e. The van der Waals surface area contributed by atoms with Crippen LogP contribution in [0.5, 0.6) is 46.0 Å². The molecule has 0 spiro atoms. The maximum atomic E-state index is 16.5. The van der Waals surface area contributed by atoms with Crippen molar-refractivity contribution in [3.05, 3.63) is 171 Å². The average molecular weight is 1880 g/mol. The Hall–Kier alpha value is -11.6. The number of carboxylic acid groups (broad SMARTS) is 1. The van der Waals surface area contributed by atoms with Gasteiger partial charge in [-0.15, -0.1) is 0 Å². The van der Waals surface area contributed by atoms with Crippen molar-refractivity contribution in [2.24, 2.45) is 11.7 Å². The average Bonchev–Trinajstić information content (AvgIpc) is 0.670. The van der Waals surface area contributed by atoms with Crippen LogP contribution in [-0.2, 0) is 70.5 Å². The molecular formula is C88H104Cl2N12O30. The molecule has 14 rings (SSSR count). The number of ether oxygens (including phenoxy) is 6. The predicted octanol–water partition coefficient (Wildman–Crippen LogP) is -0.969. The summed E-state index contributed by atoms with van der Waals surface area (Å²) in [6, 6.07) is 8.79. The number of likely N-dealkylation sites (N-methyl/N-ethyl adjacent to an activating group) is 1. The minimum Gasteiger partial charge on any atom is -0.507 e. The van der Waals surface area contributed by atoms with E-state index in [1.54, 1.807) is 40.1 Å². The number of aliphatic carboxylic acids is 1. The van der Waals surface area contributed by atoms with Gasteiger partial charge in [-0.25, -0.2) is 4.79 Å². The molecule has 22 atom stereocenters. The number of phenols is 3. The van der Waals surface area contributed by atoms with Crippen LogP contribution >= 0.6 is 23.2 Å². The van der Waals surface area contributed by atoms with E-state index < -0.39 is 297 Å². The second-order valence-corrected chi connectivity index (χ2v) is 34.0. The van der Waals surface area contributed by atoms with Gasteiger partial charge in [0.2, 0.25) is 53.4 Å². The molecular weight excluding hydrogens is 1780 g/mol. The number of rotatable bonds is 28. The number of carboxylic acids is 1. The maximum Gasteiger partial charge on any atom is 0.330 e. The third-order valence-corrected chi connectivity index (χ3v) is 23.9. The number of pyridine rings is 1. The standard InChI is InChI=1S/C88H104Cl2N12O30/c1-36(2)23-50(92-5)79(118)101-66-68(109)42-12-15-55(48(89)25-42)128-57-27-44-28-58(76(57)132-87-77(74(115)72(113)59(35-104)130-87)131-61-31-88(4,78(117)37(3)127-61)96-32-38-7-9-39(10-8-38)40-17-21-93-22-18-40)129-56-16-13-43(26-49(56)90)69(110)67-84(123)100-65(86(125)126)46-29-53(106)47(33-94-19-6-20-95-85(124)75(116)73(114)71(112)54(107)34-103)70(111)62(46)45-24-41(11-14-52(45)105)63(81(120)102-67)99-82(121)64(44)98-80(119)51(30-60(91)108)97-83(66)122/h7-18,21-22,24-29,36-37,50-51,54,59,61,63-69,71-75,77-78,87,92,94,96,103-107,109-117H,6,19-20,23,30-35H2,1-5H3,(H2,91,108)(H,95,124)(H,97,122)(H,98,119)(H,99,121)(H,100,123)(H,101,118)(H,102,120)(H,125,126)/t37-,50+,51-,54+,59+,61-,63+,64+,65-,66+,67-,68+,69+,71+,72+,73-,74-,75+,77+,78+,87-,88-/m0/s1. The van der Waals surface area contributed by atoms with Crippen LogP contribution in [0.1, 0.15) is 123 Å². The lowest BCUT2D eigenvalue weighted by atomic mass is 9.84. The summed E-state index contributed by atoms with van der Waals surface area (Å²) in [5, 5.41) is 194. The molecule has 710 valence electrons. The number of amides is 8. The normalized spacial score (nSPS) is 26.2. The number of phenolic OH excluding ortho intramolecular Hbond substituents is 3. The van der Waals surface area contributed by atoms with Crippen LogP contribution < -0.4 is 73.1 Å². The molecule has 0 radical (unpaired) electrons. The van der Waals surface area contributed by atoms with Gasteiger partial charge in [0, 0.05) is 60.7 Å². The second kappa shape index (κ2) is 43.0. The SMILES string of the molecule is CN[C@H](CC(C)C)C(=O)N[C@H]1C(=O)N[C@@H](CC(N)=O)C(=O)N[C@H]2C(=O)N[C@H]3C(=O)N[C@H](C(=O)N[C@H](C(=O)O)c4cc(O)c(CNCCCNC(=O)[C@H](O)[C@@H](O)[C@H](O)[C@H](O)CO)c(O)c4-c4cc3ccc4O)[C@H](O)c3ccc(c(Cl)c3)Oc3cc2cc(c3O[C@@H]2O[C@H](CO)[C@@H](O)[C@H](O)[C@H]2O[C@H]2C[C@](C)(NCc3ccc(-c4ccncc4)cc3)[C@H](O)[C@H](C)O2)Oc2ccc(cc2Cl)[C@H]1O. The molecule has 42 nitrogen and oxygen atoms in total. The molecule has 6 aromatic carbocycles. The number of hydrogen-bond acceptors (Lipinski definition) is 33. The molecule has 0 aliphatic carbocycles. The fraction of sp³-hybridized carbons (Fsp3) is 0.432. The molecule has 7 aliphatic heterocycles. The van der Waals surface area contributed by atoms with E-state index in [4.69, 9.17) is 57.4 Å². The molecule has 132 heavy (non-hydrogen) atoms. The number of carbonyl (C=O) groups is 9. The van der Waals surface area contributed by atoms with E-state index in [-0.39, 0.29) is 61.7 Å². The number of aliphatic hydroxyl groups is 11. The number of nitrogens with zero attached hydrogens (tertiary/aromatic N) is 1. The van der Waals surface area contributed by atoms with Crippen molar-refractivity contribution in [2.45, 2.75) is 200 Å². The van der Waals surface area contributed by atoms with Crippen LogP contribution in [0.15, 0.2) is 122 Å². The maximum absolute atomic E-state index is 16.5. The first-order chi connectivity index (χ1) is 62.7. The lowest BCUT2D eigenvalue weighted by Crippen LogP contribution is -2.65. The number of aromatic nitrogens is 1. The Kier molecular flexibility index (Phi) is 32.4. The number of nitrogens with two attached hydrogens (primary N) is 1. The fourth-order valence-electron chi connectivity index (χ4n) is 16.0.